The van der Waals surface area contributed by atoms with Gasteiger partial charge in [0.05, 0.1) is 12.8 Å². The Morgan fingerprint density at radius 1 is 1.50 bits per heavy atom. The van der Waals surface area contributed by atoms with Crippen LogP contribution >= 0.6 is 0 Å². The minimum Gasteiger partial charge on any atom is -0.492 e. The van der Waals surface area contributed by atoms with Gasteiger partial charge in [-0.15, -0.1) is 0 Å². The van der Waals surface area contributed by atoms with Crippen LogP contribution in [-0.2, 0) is 0 Å². The molecule has 0 unspecified atom stereocenters. The van der Waals surface area contributed by atoms with Gasteiger partial charge in [0.1, 0.15) is 0 Å². The van der Waals surface area contributed by atoms with Gasteiger partial charge in [0, 0.05) is 18.5 Å². The molecule has 0 aromatic heterocycles. The van der Waals surface area contributed by atoms with Crippen LogP contribution < -0.4 is 10.1 Å². The van der Waals surface area contributed by atoms with Crippen molar-refractivity contribution >= 4 is 11.5 Å². The molecule has 0 amide bonds. The van der Waals surface area contributed by atoms with E-state index in [-0.39, 0.29) is 11.5 Å². The van der Waals surface area contributed by atoms with Crippen LogP contribution in [0.4, 0.5) is 10.1 Å². The van der Waals surface area contributed by atoms with Gasteiger partial charge >= 0.3 is 0 Å². The van der Waals surface area contributed by atoms with Crippen molar-refractivity contribution in [1.29, 1.82) is 0 Å². The third-order valence-corrected chi connectivity index (χ3v) is 2.27. The molecule has 1 N–H and O–H groups in total. The van der Waals surface area contributed by atoms with Crippen molar-refractivity contribution in [3.8, 4) is 5.75 Å². The van der Waals surface area contributed by atoms with Crippen LogP contribution in [0.25, 0.3) is 0 Å². The second kappa shape index (κ2) is 3.29. The van der Waals surface area contributed by atoms with Crippen molar-refractivity contribution in [2.45, 2.75) is 6.42 Å². The molecule has 3 nitrogen and oxygen atoms in total. The maximum atomic E-state index is 13.2. The molecule has 14 heavy (non-hydrogen) atoms. The summed E-state index contributed by atoms with van der Waals surface area (Å²) in [6.07, 6.45) is 0.446. The molecule has 1 aromatic rings. The Kier molecular flexibility index (Phi) is 2.11. The number of fused-ring (bicyclic) bond motifs is 1. The number of anilines is 1. The molecule has 4 heteroatoms. The Bertz CT molecular complexity index is 390. The van der Waals surface area contributed by atoms with E-state index in [1.807, 2.05) is 0 Å². The summed E-state index contributed by atoms with van der Waals surface area (Å²) < 4.78 is 18.1. The predicted molar refractivity (Wildman–Crippen MR) is 50.4 cm³/mol. The third-order valence-electron chi connectivity index (χ3n) is 2.27. The van der Waals surface area contributed by atoms with Gasteiger partial charge in [0.2, 0.25) is 0 Å². The number of halogens is 1. The molecule has 0 saturated carbocycles. The van der Waals surface area contributed by atoms with Gasteiger partial charge in [-0.3, -0.25) is 4.79 Å². The van der Waals surface area contributed by atoms with Gasteiger partial charge in [0.25, 0.3) is 0 Å². The summed E-state index contributed by atoms with van der Waals surface area (Å²) >= 11 is 0. The number of carbonyl (C=O) groups excluding carboxylic acids is 1. The van der Waals surface area contributed by atoms with E-state index in [9.17, 15) is 9.18 Å². The Morgan fingerprint density at radius 2 is 2.29 bits per heavy atom. The lowest BCUT2D eigenvalue weighted by atomic mass is 10.0. The van der Waals surface area contributed by atoms with E-state index in [1.54, 1.807) is 0 Å². The molecule has 1 aliphatic heterocycles. The molecule has 0 fully saturated rings. The topological polar surface area (TPSA) is 38.3 Å². The molecule has 0 radical (unpaired) electrons. The standard InChI is InChI=1S/C10H10FNO2/c1-14-10-7(11)3-2-6-8(13)4-5-12-9(6)10/h2-3,12H,4-5H2,1H3. The van der Waals surface area contributed by atoms with Crippen LogP contribution in [0.1, 0.15) is 16.8 Å². The lowest BCUT2D eigenvalue weighted by Gasteiger charge is -2.19. The third kappa shape index (κ3) is 1.23. The minimum atomic E-state index is -0.451. The fourth-order valence-corrected chi connectivity index (χ4v) is 1.60. The van der Waals surface area contributed by atoms with Crippen LogP contribution in [-0.4, -0.2) is 19.4 Å². The highest BCUT2D eigenvalue weighted by Crippen LogP contribution is 2.34. The van der Waals surface area contributed by atoms with E-state index >= 15 is 0 Å². The van der Waals surface area contributed by atoms with E-state index in [4.69, 9.17) is 4.74 Å². The maximum absolute atomic E-state index is 13.2. The number of Topliss-reactive ketones (excluding diaryl/α,β-unsaturated/α-hetero) is 1. The fourth-order valence-electron chi connectivity index (χ4n) is 1.60. The normalized spacial score (nSPS) is 14.6. The molecule has 0 saturated heterocycles. The molecular formula is C10H10FNO2. The quantitative estimate of drug-likeness (QED) is 0.743. The van der Waals surface area contributed by atoms with Crippen molar-refractivity contribution in [1.82, 2.24) is 0 Å². The zero-order chi connectivity index (χ0) is 10.1. The Hall–Kier alpha value is -1.58. The number of hydrogen-bond acceptors (Lipinski definition) is 3. The number of rotatable bonds is 1. The first kappa shape index (κ1) is 8.99. The average Bonchev–Trinajstić information content (AvgIpc) is 2.18. The summed E-state index contributed by atoms with van der Waals surface area (Å²) in [5.41, 5.74) is 0.984. The molecule has 74 valence electrons. The summed E-state index contributed by atoms with van der Waals surface area (Å²) in [6.45, 7) is 0.533. The first-order chi connectivity index (χ1) is 6.74. The molecule has 0 bridgehead atoms. The monoisotopic (exact) mass is 195 g/mol. The van der Waals surface area contributed by atoms with Gasteiger partial charge in [0.15, 0.2) is 17.3 Å². The molecule has 0 spiro atoms. The summed E-state index contributed by atoms with van der Waals surface area (Å²) in [4.78, 5) is 11.4. The number of methoxy groups -OCH3 is 1. The average molecular weight is 195 g/mol. The van der Waals surface area contributed by atoms with Gasteiger partial charge in [-0.1, -0.05) is 0 Å². The molecule has 1 heterocycles. The molecule has 0 atom stereocenters. The molecule has 1 aliphatic rings. The lowest BCUT2D eigenvalue weighted by molar-refractivity contribution is 0.0983. The van der Waals surface area contributed by atoms with Crippen molar-refractivity contribution < 1.29 is 13.9 Å². The zero-order valence-electron chi connectivity index (χ0n) is 7.76. The SMILES string of the molecule is COc1c(F)ccc2c1NCCC2=O. The maximum Gasteiger partial charge on any atom is 0.178 e. The van der Waals surface area contributed by atoms with E-state index in [2.05, 4.69) is 5.32 Å². The number of ketones is 1. The van der Waals surface area contributed by atoms with Crippen LogP contribution in [0, 0.1) is 5.82 Å². The smallest absolute Gasteiger partial charge is 0.178 e. The van der Waals surface area contributed by atoms with Crippen LogP contribution in [0.15, 0.2) is 12.1 Å². The number of ether oxygens (including phenoxy) is 1. The second-order valence-corrected chi connectivity index (χ2v) is 3.10. The van der Waals surface area contributed by atoms with E-state index in [0.29, 0.717) is 24.2 Å². The van der Waals surface area contributed by atoms with Gasteiger partial charge in [-0.2, -0.15) is 0 Å². The first-order valence-electron chi connectivity index (χ1n) is 4.37. The van der Waals surface area contributed by atoms with Crippen molar-refractivity contribution in [3.05, 3.63) is 23.5 Å². The predicted octanol–water partition coefficient (Wildman–Crippen LogP) is 1.83. The molecule has 1 aromatic carbocycles. The van der Waals surface area contributed by atoms with Gasteiger partial charge in [-0.05, 0) is 12.1 Å². The van der Waals surface area contributed by atoms with Crippen LogP contribution in [0.5, 0.6) is 5.75 Å². The summed E-state index contributed by atoms with van der Waals surface area (Å²) in [7, 11) is 1.39. The zero-order valence-corrected chi connectivity index (χ0v) is 7.76. The van der Waals surface area contributed by atoms with Crippen molar-refractivity contribution in [2.24, 2.45) is 0 Å². The van der Waals surface area contributed by atoms with Gasteiger partial charge < -0.3 is 10.1 Å². The minimum absolute atomic E-state index is 0.0250. The van der Waals surface area contributed by atoms with E-state index < -0.39 is 5.82 Å². The first-order valence-corrected chi connectivity index (χ1v) is 4.37. The van der Waals surface area contributed by atoms with E-state index in [1.165, 1.54) is 19.2 Å². The highest BCUT2D eigenvalue weighted by Gasteiger charge is 2.22. The number of benzene rings is 1. The van der Waals surface area contributed by atoms with Crippen molar-refractivity contribution in [2.75, 3.05) is 19.0 Å². The Balaban J connectivity index is 2.61. The molecule has 0 aliphatic carbocycles. The Morgan fingerprint density at radius 3 is 3.00 bits per heavy atom. The molecular weight excluding hydrogens is 185 g/mol. The highest BCUT2D eigenvalue weighted by atomic mass is 19.1. The Labute approximate surface area is 80.9 Å². The fraction of sp³-hybridized carbons (Fsp3) is 0.300. The van der Waals surface area contributed by atoms with Crippen LogP contribution in [0.3, 0.4) is 0 Å². The summed E-state index contributed by atoms with van der Waals surface area (Å²) in [5.74, 6) is -0.305. The van der Waals surface area contributed by atoms with Crippen LogP contribution in [0.2, 0.25) is 0 Å². The highest BCUT2D eigenvalue weighted by molar-refractivity contribution is 6.04. The molecule has 2 rings (SSSR count). The second-order valence-electron chi connectivity index (χ2n) is 3.10. The largest absolute Gasteiger partial charge is 0.492 e. The summed E-state index contributed by atoms with van der Waals surface area (Å²) in [6, 6.07) is 2.74. The van der Waals surface area contributed by atoms with E-state index in [0.717, 1.165) is 0 Å². The lowest BCUT2D eigenvalue weighted by Crippen LogP contribution is -2.19. The number of carbonyl (C=O) groups is 1. The van der Waals surface area contributed by atoms with Gasteiger partial charge in [-0.25, -0.2) is 4.39 Å². The number of hydrogen-bond donors (Lipinski definition) is 1. The summed E-state index contributed by atoms with van der Waals surface area (Å²) in [5, 5.41) is 2.97. The van der Waals surface area contributed by atoms with Crippen molar-refractivity contribution in [3.63, 3.8) is 0 Å². The number of nitrogens with one attached hydrogen (secondary N) is 1.